The number of carbonyl (C=O) groups excluding carboxylic acids is 1. The molecule has 21 heavy (non-hydrogen) atoms. The summed E-state index contributed by atoms with van der Waals surface area (Å²) >= 11 is 3.51. The van der Waals surface area contributed by atoms with Gasteiger partial charge in [0.2, 0.25) is 0 Å². The zero-order valence-electron chi connectivity index (χ0n) is 12.3. The first-order chi connectivity index (χ1) is 10.2. The smallest absolute Gasteiger partial charge is 0.150 e. The summed E-state index contributed by atoms with van der Waals surface area (Å²) in [6.07, 6.45) is 15.2. The molecule has 1 saturated carbocycles. The highest BCUT2D eigenvalue weighted by Gasteiger charge is 2.43. The minimum Gasteiger partial charge on any atom is -0.369 e. The molecule has 0 aliphatic heterocycles. The van der Waals surface area contributed by atoms with E-state index in [2.05, 4.69) is 47.2 Å². The minimum absolute atomic E-state index is 0.0117. The zero-order valence-corrected chi connectivity index (χ0v) is 13.9. The highest BCUT2D eigenvalue weighted by Crippen LogP contribution is 2.48. The SMILES string of the molecule is CC1CC1C1C=C(Br)C(C=O)=CC1OCC1=CCCC=C1. The monoisotopic (exact) mass is 348 g/mol. The van der Waals surface area contributed by atoms with E-state index in [0.717, 1.165) is 29.5 Å². The quantitative estimate of drug-likeness (QED) is 0.691. The number of rotatable bonds is 5. The van der Waals surface area contributed by atoms with Crippen LogP contribution in [0.15, 0.2) is 46.0 Å². The third kappa shape index (κ3) is 3.46. The molecule has 0 N–H and O–H groups in total. The highest BCUT2D eigenvalue weighted by atomic mass is 79.9. The maximum Gasteiger partial charge on any atom is 0.150 e. The van der Waals surface area contributed by atoms with Gasteiger partial charge in [0.25, 0.3) is 0 Å². The fraction of sp³-hybridized carbons (Fsp3) is 0.500. The van der Waals surface area contributed by atoms with Crippen LogP contribution in [0.4, 0.5) is 0 Å². The molecule has 0 aromatic carbocycles. The van der Waals surface area contributed by atoms with Gasteiger partial charge in [0, 0.05) is 16.0 Å². The Kier molecular flexibility index (Phi) is 4.60. The lowest BCUT2D eigenvalue weighted by molar-refractivity contribution is -0.104. The molecule has 0 aromatic rings. The zero-order chi connectivity index (χ0) is 14.8. The van der Waals surface area contributed by atoms with Crippen LogP contribution < -0.4 is 0 Å². The topological polar surface area (TPSA) is 26.3 Å². The summed E-state index contributed by atoms with van der Waals surface area (Å²) in [5.41, 5.74) is 1.95. The number of carbonyl (C=O) groups is 1. The maximum atomic E-state index is 11.2. The molecule has 3 heteroatoms. The summed E-state index contributed by atoms with van der Waals surface area (Å²) in [5.74, 6) is 1.83. The lowest BCUT2D eigenvalue weighted by atomic mass is 9.89. The largest absolute Gasteiger partial charge is 0.369 e. The highest BCUT2D eigenvalue weighted by molar-refractivity contribution is 9.12. The van der Waals surface area contributed by atoms with E-state index in [-0.39, 0.29) is 6.10 Å². The molecule has 1 fully saturated rings. The predicted octanol–water partition coefficient (Wildman–Crippen LogP) is 4.34. The van der Waals surface area contributed by atoms with E-state index in [4.69, 9.17) is 4.74 Å². The first-order valence-electron chi connectivity index (χ1n) is 7.71. The second-order valence-electron chi connectivity index (χ2n) is 6.24. The fourth-order valence-electron chi connectivity index (χ4n) is 3.20. The van der Waals surface area contributed by atoms with Gasteiger partial charge in [0.15, 0.2) is 6.29 Å². The van der Waals surface area contributed by atoms with Gasteiger partial charge in [-0.25, -0.2) is 0 Å². The molecule has 4 atom stereocenters. The van der Waals surface area contributed by atoms with Crippen molar-refractivity contribution in [2.24, 2.45) is 17.8 Å². The van der Waals surface area contributed by atoms with Crippen molar-refractivity contribution < 1.29 is 9.53 Å². The molecule has 112 valence electrons. The van der Waals surface area contributed by atoms with E-state index in [9.17, 15) is 4.79 Å². The second kappa shape index (κ2) is 6.45. The van der Waals surface area contributed by atoms with Crippen LogP contribution in [0, 0.1) is 17.8 Å². The van der Waals surface area contributed by atoms with E-state index in [0.29, 0.717) is 24.0 Å². The number of hydrogen-bond acceptors (Lipinski definition) is 2. The molecule has 0 saturated heterocycles. The van der Waals surface area contributed by atoms with Crippen molar-refractivity contribution in [3.8, 4) is 0 Å². The van der Waals surface area contributed by atoms with Gasteiger partial charge in [-0.1, -0.05) is 47.2 Å². The van der Waals surface area contributed by atoms with Crippen LogP contribution in [0.1, 0.15) is 26.2 Å². The van der Waals surface area contributed by atoms with Gasteiger partial charge in [0.05, 0.1) is 12.7 Å². The predicted molar refractivity (Wildman–Crippen MR) is 88.1 cm³/mol. The number of halogens is 1. The van der Waals surface area contributed by atoms with Gasteiger partial charge in [0.1, 0.15) is 0 Å². The lowest BCUT2D eigenvalue weighted by Gasteiger charge is -2.27. The maximum absolute atomic E-state index is 11.2. The van der Waals surface area contributed by atoms with E-state index >= 15 is 0 Å². The molecule has 0 bridgehead atoms. The van der Waals surface area contributed by atoms with Crippen molar-refractivity contribution in [2.45, 2.75) is 32.3 Å². The Morgan fingerprint density at radius 1 is 1.38 bits per heavy atom. The number of aldehydes is 1. The van der Waals surface area contributed by atoms with Gasteiger partial charge >= 0.3 is 0 Å². The molecule has 0 heterocycles. The standard InChI is InChI=1S/C18H21BrO2/c1-12-7-15(12)16-9-17(19)14(10-20)8-18(16)21-11-13-5-3-2-4-6-13/h3,5-6,8-10,12,15-16,18H,2,4,7,11H2,1H3. The molecule has 0 aromatic heterocycles. The molecule has 3 aliphatic rings. The van der Waals surface area contributed by atoms with Crippen molar-refractivity contribution in [1.29, 1.82) is 0 Å². The summed E-state index contributed by atoms with van der Waals surface area (Å²) in [5, 5.41) is 0. The van der Waals surface area contributed by atoms with Crippen LogP contribution in [0.2, 0.25) is 0 Å². The fourth-order valence-corrected chi connectivity index (χ4v) is 3.74. The average molecular weight is 349 g/mol. The van der Waals surface area contributed by atoms with Gasteiger partial charge in [-0.3, -0.25) is 4.79 Å². The Bertz CT molecular complexity index is 541. The van der Waals surface area contributed by atoms with E-state index in [1.54, 1.807) is 0 Å². The molecule has 3 rings (SSSR count). The Morgan fingerprint density at radius 3 is 2.81 bits per heavy atom. The number of ether oxygens (including phenoxy) is 1. The normalized spacial score (nSPS) is 34.9. The van der Waals surface area contributed by atoms with Crippen LogP contribution >= 0.6 is 15.9 Å². The van der Waals surface area contributed by atoms with Crippen molar-refractivity contribution in [1.82, 2.24) is 0 Å². The second-order valence-corrected chi connectivity index (χ2v) is 7.10. The van der Waals surface area contributed by atoms with Crippen molar-refractivity contribution in [3.63, 3.8) is 0 Å². The Morgan fingerprint density at radius 2 is 2.19 bits per heavy atom. The molecule has 0 amide bonds. The van der Waals surface area contributed by atoms with Gasteiger partial charge in [-0.15, -0.1) is 0 Å². The lowest BCUT2D eigenvalue weighted by Crippen LogP contribution is -2.27. The number of allylic oxidation sites excluding steroid dienone is 4. The van der Waals surface area contributed by atoms with Crippen LogP contribution in [0.3, 0.4) is 0 Å². The van der Waals surface area contributed by atoms with Gasteiger partial charge < -0.3 is 4.74 Å². The molecule has 0 radical (unpaired) electrons. The van der Waals surface area contributed by atoms with Crippen molar-refractivity contribution >= 4 is 22.2 Å². The summed E-state index contributed by atoms with van der Waals surface area (Å²) in [4.78, 5) is 11.2. The third-order valence-electron chi connectivity index (χ3n) is 4.65. The average Bonchev–Trinajstić information content (AvgIpc) is 3.23. The van der Waals surface area contributed by atoms with E-state index in [1.807, 2.05) is 6.08 Å². The van der Waals surface area contributed by atoms with Gasteiger partial charge in [-0.2, -0.15) is 0 Å². The minimum atomic E-state index is 0.0117. The van der Waals surface area contributed by atoms with Crippen LogP contribution in [-0.4, -0.2) is 19.0 Å². The number of hydrogen-bond donors (Lipinski definition) is 0. The van der Waals surface area contributed by atoms with Crippen molar-refractivity contribution in [3.05, 3.63) is 46.0 Å². The van der Waals surface area contributed by atoms with Crippen molar-refractivity contribution in [2.75, 3.05) is 6.61 Å². The van der Waals surface area contributed by atoms with Gasteiger partial charge in [-0.05, 0) is 42.7 Å². The molecular weight excluding hydrogens is 328 g/mol. The summed E-state index contributed by atoms with van der Waals surface area (Å²) in [6.45, 7) is 2.92. The molecular formula is C18H21BrO2. The van der Waals surface area contributed by atoms with Crippen LogP contribution in [-0.2, 0) is 9.53 Å². The Hall–Kier alpha value is -0.930. The summed E-state index contributed by atoms with van der Waals surface area (Å²) < 4.78 is 7.06. The van der Waals surface area contributed by atoms with E-state index in [1.165, 1.54) is 12.0 Å². The Labute approximate surface area is 134 Å². The molecule has 3 aliphatic carbocycles. The molecule has 0 spiro atoms. The van der Waals surface area contributed by atoms with Crippen LogP contribution in [0.25, 0.3) is 0 Å². The first kappa shape index (κ1) is 15.0. The first-order valence-corrected chi connectivity index (χ1v) is 8.50. The third-order valence-corrected chi connectivity index (χ3v) is 5.37. The van der Waals surface area contributed by atoms with E-state index < -0.39 is 0 Å². The van der Waals surface area contributed by atoms with Crippen LogP contribution in [0.5, 0.6) is 0 Å². The summed E-state index contributed by atoms with van der Waals surface area (Å²) in [6, 6.07) is 0. The molecule has 2 nitrogen and oxygen atoms in total. The summed E-state index contributed by atoms with van der Waals surface area (Å²) in [7, 11) is 0. The molecule has 4 unspecified atom stereocenters. The Balaban J connectivity index is 1.70.